The number of carbonyl (C=O) groups excluding carboxylic acids is 1. The molecule has 4 heteroatoms. The first-order chi connectivity index (χ1) is 6.56. The van der Waals surface area contributed by atoms with E-state index in [0.29, 0.717) is 0 Å². The highest BCUT2D eigenvalue weighted by Gasteiger charge is 2.30. The van der Waals surface area contributed by atoms with Crippen LogP contribution in [0.15, 0.2) is 12.7 Å². The lowest BCUT2D eigenvalue weighted by Crippen LogP contribution is -3.00. The van der Waals surface area contributed by atoms with Gasteiger partial charge in [-0.2, -0.15) is 0 Å². The van der Waals surface area contributed by atoms with Gasteiger partial charge in [-0.15, -0.1) is 0 Å². The van der Waals surface area contributed by atoms with E-state index in [1.807, 2.05) is 6.92 Å². The molecule has 90 valence electrons. The number of quaternary nitrogens is 1. The Bertz CT molecular complexity index is 194. The summed E-state index contributed by atoms with van der Waals surface area (Å²) in [6.07, 6.45) is 1.12. The highest BCUT2D eigenvalue weighted by molar-refractivity contribution is 5.81. The molecule has 1 atom stereocenters. The van der Waals surface area contributed by atoms with Gasteiger partial charge in [0.15, 0.2) is 0 Å². The van der Waals surface area contributed by atoms with Crippen molar-refractivity contribution in [1.29, 1.82) is 0 Å². The first-order valence-electron chi connectivity index (χ1n) is 5.25. The van der Waals surface area contributed by atoms with E-state index >= 15 is 0 Å². The molecule has 1 unspecified atom stereocenters. The Morgan fingerprint density at radius 3 is 2.00 bits per heavy atom. The summed E-state index contributed by atoms with van der Waals surface area (Å²) in [6.45, 7) is 14.6. The number of hydrogen-bond donors (Lipinski definition) is 0. The van der Waals surface area contributed by atoms with E-state index in [-0.39, 0.29) is 24.6 Å². The van der Waals surface area contributed by atoms with E-state index in [4.69, 9.17) is 4.74 Å². The van der Waals surface area contributed by atoms with Crippen molar-refractivity contribution in [1.82, 2.24) is 0 Å². The second-order valence-electron chi connectivity index (χ2n) is 3.41. The molecule has 0 amide bonds. The van der Waals surface area contributed by atoms with Crippen molar-refractivity contribution >= 4 is 5.97 Å². The molecule has 0 aliphatic carbocycles. The first-order valence-corrected chi connectivity index (χ1v) is 5.25. The van der Waals surface area contributed by atoms with Gasteiger partial charge in [-0.05, 0) is 20.8 Å². The number of carbonyl (C=O) groups is 1. The molecule has 0 aromatic rings. The lowest BCUT2D eigenvalue weighted by atomic mass is 10.3. The van der Waals surface area contributed by atoms with Gasteiger partial charge in [-0.3, -0.25) is 4.48 Å². The molecule has 0 aliphatic rings. The standard InChI is InChI=1S/C11H22NO2.ClH/c1-6-11(13)14-10(5)12(7-2,8-3)9-4;/h6,10H,1,7-9H2,2-5H3;1H/q+1;/p-1. The number of rotatable bonds is 6. The Labute approximate surface area is 99.1 Å². The summed E-state index contributed by atoms with van der Waals surface area (Å²) >= 11 is 0. The van der Waals surface area contributed by atoms with Crippen LogP contribution in [-0.4, -0.2) is 36.3 Å². The fourth-order valence-electron chi connectivity index (χ4n) is 1.77. The van der Waals surface area contributed by atoms with Crippen LogP contribution in [0.2, 0.25) is 0 Å². The minimum atomic E-state index is -0.338. The van der Waals surface area contributed by atoms with Crippen LogP contribution in [0.5, 0.6) is 0 Å². The van der Waals surface area contributed by atoms with Crippen molar-refractivity contribution in [3.8, 4) is 0 Å². The molecule has 15 heavy (non-hydrogen) atoms. The maximum absolute atomic E-state index is 11.1. The lowest BCUT2D eigenvalue weighted by Gasteiger charge is -2.39. The molecule has 0 bridgehead atoms. The molecule has 0 aromatic carbocycles. The quantitative estimate of drug-likeness (QED) is 0.254. The zero-order valence-corrected chi connectivity index (χ0v) is 10.9. The lowest BCUT2D eigenvalue weighted by molar-refractivity contribution is -0.962. The van der Waals surface area contributed by atoms with Gasteiger partial charge in [0.05, 0.1) is 19.6 Å². The third kappa shape index (κ3) is 4.22. The maximum Gasteiger partial charge on any atom is 0.334 e. The van der Waals surface area contributed by atoms with E-state index in [1.165, 1.54) is 6.08 Å². The molecule has 0 radical (unpaired) electrons. The fraction of sp³-hybridized carbons (Fsp3) is 0.727. The van der Waals surface area contributed by atoms with Crippen LogP contribution < -0.4 is 12.4 Å². The zero-order chi connectivity index (χ0) is 11.2. The summed E-state index contributed by atoms with van der Waals surface area (Å²) in [4.78, 5) is 11.1. The molecule has 0 saturated carbocycles. The summed E-state index contributed by atoms with van der Waals surface area (Å²) < 4.78 is 6.06. The van der Waals surface area contributed by atoms with Gasteiger partial charge in [0.1, 0.15) is 0 Å². The minimum Gasteiger partial charge on any atom is -1.00 e. The molecular formula is C11H22ClNO2. The summed E-state index contributed by atoms with van der Waals surface area (Å²) in [7, 11) is 0. The van der Waals surface area contributed by atoms with Crippen LogP contribution in [0, 0.1) is 0 Å². The van der Waals surface area contributed by atoms with Crippen molar-refractivity contribution in [3.63, 3.8) is 0 Å². The van der Waals surface area contributed by atoms with E-state index in [1.54, 1.807) is 0 Å². The van der Waals surface area contributed by atoms with Crippen molar-refractivity contribution in [2.75, 3.05) is 19.6 Å². The Morgan fingerprint density at radius 1 is 1.33 bits per heavy atom. The number of ether oxygens (including phenoxy) is 1. The Hall–Kier alpha value is -0.540. The van der Waals surface area contributed by atoms with E-state index in [0.717, 1.165) is 24.1 Å². The van der Waals surface area contributed by atoms with Gasteiger partial charge in [-0.25, -0.2) is 4.79 Å². The van der Waals surface area contributed by atoms with Gasteiger partial charge < -0.3 is 17.1 Å². The number of esters is 1. The highest BCUT2D eigenvalue weighted by atomic mass is 35.5. The second-order valence-corrected chi connectivity index (χ2v) is 3.41. The molecule has 0 aromatic heterocycles. The van der Waals surface area contributed by atoms with Crippen LogP contribution in [0.4, 0.5) is 0 Å². The summed E-state index contributed by atoms with van der Waals surface area (Å²) in [5.74, 6) is -0.338. The predicted molar refractivity (Wildman–Crippen MR) is 57.6 cm³/mol. The van der Waals surface area contributed by atoms with E-state index in [2.05, 4.69) is 27.4 Å². The van der Waals surface area contributed by atoms with Crippen LogP contribution in [0.1, 0.15) is 27.7 Å². The number of hydrogen-bond acceptors (Lipinski definition) is 2. The van der Waals surface area contributed by atoms with Crippen LogP contribution >= 0.6 is 0 Å². The molecule has 0 heterocycles. The zero-order valence-electron chi connectivity index (χ0n) is 10.1. The van der Waals surface area contributed by atoms with Crippen molar-refractivity contribution < 1.29 is 26.4 Å². The molecular weight excluding hydrogens is 214 g/mol. The smallest absolute Gasteiger partial charge is 0.334 e. The maximum atomic E-state index is 11.1. The van der Waals surface area contributed by atoms with E-state index in [9.17, 15) is 4.79 Å². The normalized spacial score (nSPS) is 12.5. The average molecular weight is 236 g/mol. The summed E-state index contributed by atoms with van der Waals surface area (Å²) in [6, 6.07) is 0. The van der Waals surface area contributed by atoms with Crippen molar-refractivity contribution in [2.24, 2.45) is 0 Å². The Kier molecular flexibility index (Phi) is 8.68. The van der Waals surface area contributed by atoms with Crippen LogP contribution in [-0.2, 0) is 9.53 Å². The highest BCUT2D eigenvalue weighted by Crippen LogP contribution is 2.14. The SMILES string of the molecule is C=CC(=O)OC(C)[N+](CC)(CC)CC.[Cl-]. The van der Waals surface area contributed by atoms with Gasteiger partial charge in [0.25, 0.3) is 0 Å². The van der Waals surface area contributed by atoms with Gasteiger partial charge in [0, 0.05) is 13.0 Å². The summed E-state index contributed by atoms with van der Waals surface area (Å²) in [5, 5.41) is 0. The van der Waals surface area contributed by atoms with E-state index < -0.39 is 0 Å². The van der Waals surface area contributed by atoms with Crippen molar-refractivity contribution in [3.05, 3.63) is 12.7 Å². The molecule has 0 aliphatic heterocycles. The van der Waals surface area contributed by atoms with Crippen LogP contribution in [0.25, 0.3) is 0 Å². The molecule has 0 fully saturated rings. The second kappa shape index (κ2) is 7.71. The van der Waals surface area contributed by atoms with Crippen LogP contribution in [0.3, 0.4) is 0 Å². The molecule has 0 spiro atoms. The van der Waals surface area contributed by atoms with Crippen molar-refractivity contribution in [2.45, 2.75) is 33.9 Å². The molecule has 0 rings (SSSR count). The topological polar surface area (TPSA) is 26.3 Å². The largest absolute Gasteiger partial charge is 1.00 e. The number of nitrogens with zero attached hydrogens (tertiary/aromatic N) is 1. The Balaban J connectivity index is 0. The van der Waals surface area contributed by atoms with Gasteiger partial charge in [0.2, 0.25) is 6.23 Å². The molecule has 0 N–H and O–H groups in total. The fourth-order valence-corrected chi connectivity index (χ4v) is 1.77. The average Bonchev–Trinajstić information content (AvgIpc) is 2.21. The predicted octanol–water partition coefficient (Wildman–Crippen LogP) is -1.06. The minimum absolute atomic E-state index is 0. The monoisotopic (exact) mass is 235 g/mol. The third-order valence-corrected chi connectivity index (χ3v) is 3.11. The molecule has 3 nitrogen and oxygen atoms in total. The molecule has 0 saturated heterocycles. The number of halogens is 1. The summed E-state index contributed by atoms with van der Waals surface area (Å²) in [5.41, 5.74) is 0. The Morgan fingerprint density at radius 2 is 1.73 bits per heavy atom. The van der Waals surface area contributed by atoms with Gasteiger partial charge in [-0.1, -0.05) is 6.58 Å². The third-order valence-electron chi connectivity index (χ3n) is 3.11. The van der Waals surface area contributed by atoms with Gasteiger partial charge >= 0.3 is 5.97 Å². The first kappa shape index (κ1) is 16.9.